The molecular weight excluding hydrogens is 522 g/mol. The van der Waals surface area contributed by atoms with Gasteiger partial charge >= 0.3 is 0 Å². The third-order valence-electron chi connectivity index (χ3n) is 7.10. The Hall–Kier alpha value is -5.14. The van der Waals surface area contributed by atoms with Crippen molar-refractivity contribution in [2.24, 2.45) is 0 Å². The third kappa shape index (κ3) is 5.82. The van der Waals surface area contributed by atoms with Crippen molar-refractivity contribution in [3.05, 3.63) is 109 Å². The van der Waals surface area contributed by atoms with Gasteiger partial charge < -0.3 is 24.4 Å². The Morgan fingerprint density at radius 2 is 1.57 bits per heavy atom. The summed E-state index contributed by atoms with van der Waals surface area (Å²) in [4.78, 5) is 15.5. The number of hydrogen-bond acceptors (Lipinski definition) is 6. The number of benzene rings is 4. The van der Waals surface area contributed by atoms with Crippen LogP contribution in [0.15, 0.2) is 101 Å². The number of aromatic amines is 1. The molecule has 7 nitrogen and oxygen atoms in total. The number of hydrogen-bond donors (Lipinski definition) is 2. The van der Waals surface area contributed by atoms with Crippen LogP contribution in [0.3, 0.4) is 0 Å². The molecule has 0 aliphatic heterocycles. The van der Waals surface area contributed by atoms with Crippen molar-refractivity contribution < 1.29 is 9.15 Å². The van der Waals surface area contributed by atoms with Crippen molar-refractivity contribution in [1.82, 2.24) is 15.0 Å². The molecule has 0 aliphatic rings. The largest absolute Gasteiger partial charge is 0.437 e. The van der Waals surface area contributed by atoms with Crippen molar-refractivity contribution in [3.8, 4) is 33.9 Å². The van der Waals surface area contributed by atoms with Crippen molar-refractivity contribution >= 4 is 34.6 Å². The molecule has 0 saturated carbocycles. The molecule has 0 spiro atoms. The third-order valence-corrected chi connectivity index (χ3v) is 7.10. The summed E-state index contributed by atoms with van der Waals surface area (Å²) in [6.45, 7) is 1.40. The first-order valence-electron chi connectivity index (χ1n) is 13.9. The number of imidazole rings is 1. The standard InChI is InChI=1S/C35H33N5O2/c1-40(2)28-19-14-26(15-20-28)34-33(25-12-17-27(18-13-25)36-22-23-41-3)38-35(39-34)29-9-5-4-8-24(29)16-21-32-37-30-10-6-7-11-31(30)42-32/h4-21,36H,22-23H2,1-3H3,(H,38,39). The summed E-state index contributed by atoms with van der Waals surface area (Å²) in [6, 6.07) is 32.9. The lowest BCUT2D eigenvalue weighted by molar-refractivity contribution is 0.211. The van der Waals surface area contributed by atoms with Gasteiger partial charge in [0.1, 0.15) is 11.3 Å². The molecule has 0 unspecified atom stereocenters. The molecule has 2 aromatic heterocycles. The van der Waals surface area contributed by atoms with Crippen LogP contribution in [-0.4, -0.2) is 49.3 Å². The maximum atomic E-state index is 5.90. The lowest BCUT2D eigenvalue weighted by Gasteiger charge is -2.12. The van der Waals surface area contributed by atoms with E-state index in [0.717, 1.165) is 68.5 Å². The van der Waals surface area contributed by atoms with Crippen LogP contribution >= 0.6 is 0 Å². The first-order chi connectivity index (χ1) is 20.6. The smallest absolute Gasteiger partial charge is 0.220 e. The summed E-state index contributed by atoms with van der Waals surface area (Å²) in [5.74, 6) is 1.35. The van der Waals surface area contributed by atoms with Gasteiger partial charge in [-0.1, -0.05) is 60.7 Å². The Balaban J connectivity index is 1.38. The Morgan fingerprint density at radius 1 is 0.833 bits per heavy atom. The zero-order valence-corrected chi connectivity index (χ0v) is 24.0. The van der Waals surface area contributed by atoms with E-state index < -0.39 is 0 Å². The van der Waals surface area contributed by atoms with E-state index in [1.165, 1.54) is 0 Å². The molecule has 6 rings (SSSR count). The van der Waals surface area contributed by atoms with E-state index in [0.29, 0.717) is 12.5 Å². The van der Waals surface area contributed by atoms with Crippen LogP contribution in [0.25, 0.3) is 57.2 Å². The average Bonchev–Trinajstić information content (AvgIpc) is 3.65. The minimum atomic E-state index is 0.562. The highest BCUT2D eigenvalue weighted by Gasteiger charge is 2.17. The highest BCUT2D eigenvalue weighted by atomic mass is 16.5. The number of fused-ring (bicyclic) bond motifs is 1. The van der Waals surface area contributed by atoms with E-state index in [-0.39, 0.29) is 0 Å². The van der Waals surface area contributed by atoms with Gasteiger partial charge in [-0.25, -0.2) is 9.97 Å². The molecule has 210 valence electrons. The lowest BCUT2D eigenvalue weighted by Crippen LogP contribution is -2.07. The molecule has 0 bridgehead atoms. The molecule has 0 amide bonds. The molecule has 7 heteroatoms. The topological polar surface area (TPSA) is 79.2 Å². The number of aromatic nitrogens is 3. The van der Waals surface area contributed by atoms with E-state index in [4.69, 9.17) is 14.1 Å². The van der Waals surface area contributed by atoms with Crippen molar-refractivity contribution in [2.45, 2.75) is 0 Å². The summed E-state index contributed by atoms with van der Waals surface area (Å²) < 4.78 is 11.1. The van der Waals surface area contributed by atoms with Gasteiger partial charge in [0.15, 0.2) is 5.58 Å². The summed E-state index contributed by atoms with van der Waals surface area (Å²) in [5, 5.41) is 3.39. The molecule has 0 saturated heterocycles. The van der Waals surface area contributed by atoms with Crippen LogP contribution in [0.1, 0.15) is 11.5 Å². The van der Waals surface area contributed by atoms with Crippen molar-refractivity contribution in [3.63, 3.8) is 0 Å². The number of nitrogens with zero attached hydrogens (tertiary/aromatic N) is 3. The number of H-pyrrole nitrogens is 1. The maximum absolute atomic E-state index is 5.90. The van der Waals surface area contributed by atoms with E-state index in [1.54, 1.807) is 7.11 Å². The number of nitrogens with one attached hydrogen (secondary N) is 2. The molecule has 0 fully saturated rings. The summed E-state index contributed by atoms with van der Waals surface area (Å²) in [5.41, 5.74) is 9.73. The van der Waals surface area contributed by atoms with Crippen LogP contribution in [0.2, 0.25) is 0 Å². The molecule has 42 heavy (non-hydrogen) atoms. The van der Waals surface area contributed by atoms with Crippen molar-refractivity contribution in [2.75, 3.05) is 44.6 Å². The number of para-hydroxylation sites is 2. The number of anilines is 2. The molecule has 2 N–H and O–H groups in total. The summed E-state index contributed by atoms with van der Waals surface area (Å²) in [6.07, 6.45) is 3.92. The van der Waals surface area contributed by atoms with E-state index in [9.17, 15) is 0 Å². The molecule has 2 heterocycles. The molecule has 6 aromatic rings. The van der Waals surface area contributed by atoms with Gasteiger partial charge in [-0.05, 0) is 48.0 Å². The number of oxazole rings is 1. The van der Waals surface area contributed by atoms with Gasteiger partial charge in [0.05, 0.1) is 18.0 Å². The number of methoxy groups -OCH3 is 1. The highest BCUT2D eigenvalue weighted by Crippen LogP contribution is 2.35. The van der Waals surface area contributed by atoms with Gasteiger partial charge in [0, 0.05) is 61.9 Å². The fourth-order valence-corrected chi connectivity index (χ4v) is 4.87. The van der Waals surface area contributed by atoms with Crippen LogP contribution in [0.4, 0.5) is 11.4 Å². The van der Waals surface area contributed by atoms with Gasteiger partial charge in [-0.2, -0.15) is 0 Å². The van der Waals surface area contributed by atoms with Crippen LogP contribution in [0.5, 0.6) is 0 Å². The Bertz CT molecular complexity index is 1780. The number of ether oxygens (including phenoxy) is 1. The second-order valence-corrected chi connectivity index (χ2v) is 10.2. The second-order valence-electron chi connectivity index (χ2n) is 10.2. The predicted molar refractivity (Wildman–Crippen MR) is 173 cm³/mol. The Morgan fingerprint density at radius 3 is 2.33 bits per heavy atom. The van der Waals surface area contributed by atoms with Crippen LogP contribution in [-0.2, 0) is 4.74 Å². The summed E-state index contributed by atoms with van der Waals surface area (Å²) in [7, 11) is 5.79. The lowest BCUT2D eigenvalue weighted by atomic mass is 10.0. The van der Waals surface area contributed by atoms with Crippen molar-refractivity contribution in [1.29, 1.82) is 0 Å². The van der Waals surface area contributed by atoms with Gasteiger partial charge in [-0.3, -0.25) is 0 Å². The maximum Gasteiger partial charge on any atom is 0.220 e. The van der Waals surface area contributed by atoms with Crippen LogP contribution in [0, 0.1) is 0 Å². The van der Waals surface area contributed by atoms with Gasteiger partial charge in [0.2, 0.25) is 5.89 Å². The second kappa shape index (κ2) is 12.2. The predicted octanol–water partition coefficient (Wildman–Crippen LogP) is 7.85. The summed E-state index contributed by atoms with van der Waals surface area (Å²) >= 11 is 0. The van der Waals surface area contributed by atoms with E-state index >= 15 is 0 Å². The van der Waals surface area contributed by atoms with E-state index in [2.05, 4.69) is 80.8 Å². The first kappa shape index (κ1) is 27.1. The SMILES string of the molecule is COCCNc1ccc(-c2[nH]c(-c3ccccc3C=Cc3nc4ccccc4o3)nc2-c2ccc(N(C)C)cc2)cc1. The zero-order chi connectivity index (χ0) is 28.9. The Kier molecular flexibility index (Phi) is 7.83. The zero-order valence-electron chi connectivity index (χ0n) is 24.0. The fourth-order valence-electron chi connectivity index (χ4n) is 4.87. The van der Waals surface area contributed by atoms with Crippen LogP contribution < -0.4 is 10.2 Å². The molecule has 0 aliphatic carbocycles. The first-order valence-corrected chi connectivity index (χ1v) is 13.9. The molecule has 4 aromatic carbocycles. The minimum Gasteiger partial charge on any atom is -0.437 e. The molecule has 0 atom stereocenters. The van der Waals surface area contributed by atoms with Gasteiger partial charge in [-0.15, -0.1) is 0 Å². The highest BCUT2D eigenvalue weighted by molar-refractivity contribution is 5.85. The molecule has 0 radical (unpaired) electrons. The minimum absolute atomic E-state index is 0.562. The van der Waals surface area contributed by atoms with Gasteiger partial charge in [0.25, 0.3) is 0 Å². The molecular formula is C35H33N5O2. The monoisotopic (exact) mass is 555 g/mol. The average molecular weight is 556 g/mol. The number of rotatable bonds is 10. The Labute approximate surface area is 245 Å². The fraction of sp³-hybridized carbons (Fsp3) is 0.143. The normalized spacial score (nSPS) is 11.4. The van der Waals surface area contributed by atoms with E-state index in [1.807, 2.05) is 62.6 Å². The quantitative estimate of drug-likeness (QED) is 0.168.